The highest BCUT2D eigenvalue weighted by molar-refractivity contribution is 5.89. The summed E-state index contributed by atoms with van der Waals surface area (Å²) in [6.45, 7) is 9.07. The molecule has 0 radical (unpaired) electrons. The number of esters is 1. The van der Waals surface area contributed by atoms with Crippen LogP contribution in [0.1, 0.15) is 33.3 Å². The van der Waals surface area contributed by atoms with Gasteiger partial charge in [-0.05, 0) is 25.3 Å². The van der Waals surface area contributed by atoms with Crippen molar-refractivity contribution in [1.29, 1.82) is 0 Å². The van der Waals surface area contributed by atoms with Crippen molar-refractivity contribution in [2.24, 2.45) is 5.92 Å². The van der Waals surface area contributed by atoms with E-state index in [9.17, 15) is 4.79 Å². The minimum Gasteiger partial charge on any atom is -0.463 e. The van der Waals surface area contributed by atoms with Gasteiger partial charge in [0.15, 0.2) is 0 Å². The molecule has 0 aromatic heterocycles. The van der Waals surface area contributed by atoms with Crippen molar-refractivity contribution in [3.8, 4) is 0 Å². The Morgan fingerprint density at radius 3 is 2.45 bits per heavy atom. The van der Waals surface area contributed by atoms with E-state index in [0.717, 1.165) is 6.54 Å². The van der Waals surface area contributed by atoms with Crippen molar-refractivity contribution < 1.29 is 9.53 Å². The Bertz CT molecular complexity index is 438. The van der Waals surface area contributed by atoms with Crippen LogP contribution in [0.5, 0.6) is 0 Å². The molecule has 0 heterocycles. The fourth-order valence-corrected chi connectivity index (χ4v) is 1.94. The van der Waals surface area contributed by atoms with Crippen LogP contribution in [0.25, 0.3) is 0 Å². The summed E-state index contributed by atoms with van der Waals surface area (Å²) >= 11 is 0. The summed E-state index contributed by atoms with van der Waals surface area (Å²) in [5.41, 5.74) is 1.91. The van der Waals surface area contributed by atoms with E-state index in [4.69, 9.17) is 4.74 Å². The minimum atomic E-state index is -0.228. The zero-order valence-corrected chi connectivity index (χ0v) is 12.8. The molecule has 0 amide bonds. The molecule has 0 unspecified atom stereocenters. The van der Waals surface area contributed by atoms with Gasteiger partial charge in [-0.15, -0.1) is 0 Å². The van der Waals surface area contributed by atoms with Crippen molar-refractivity contribution >= 4 is 5.97 Å². The molecule has 0 saturated heterocycles. The molecule has 3 heteroatoms. The molecule has 0 saturated carbocycles. The topological polar surface area (TPSA) is 38.3 Å². The second kappa shape index (κ2) is 8.54. The van der Waals surface area contributed by atoms with Crippen molar-refractivity contribution in [3.63, 3.8) is 0 Å². The van der Waals surface area contributed by atoms with Crippen molar-refractivity contribution in [2.45, 2.75) is 40.3 Å². The summed E-state index contributed by atoms with van der Waals surface area (Å²) in [6, 6.07) is 10.1. The number of allylic oxidation sites excluding steroid dienone is 1. The van der Waals surface area contributed by atoms with Crippen LogP contribution in [0, 0.1) is 5.92 Å². The number of rotatable bonds is 7. The third-order valence-electron chi connectivity index (χ3n) is 2.95. The third kappa shape index (κ3) is 5.57. The Hall–Kier alpha value is -1.61. The zero-order chi connectivity index (χ0) is 15.0. The normalized spacial score (nSPS) is 13.3. The summed E-state index contributed by atoms with van der Waals surface area (Å²) in [7, 11) is 0. The molecule has 0 aliphatic carbocycles. The molecule has 0 spiro atoms. The molecule has 20 heavy (non-hydrogen) atoms. The lowest BCUT2D eigenvalue weighted by molar-refractivity contribution is -0.138. The Balaban J connectivity index is 2.68. The average Bonchev–Trinajstić information content (AvgIpc) is 2.43. The zero-order valence-electron chi connectivity index (χ0n) is 12.8. The van der Waals surface area contributed by atoms with Crippen LogP contribution in [0.3, 0.4) is 0 Å². The first-order valence-corrected chi connectivity index (χ1v) is 7.20. The molecule has 1 N–H and O–H groups in total. The van der Waals surface area contributed by atoms with Gasteiger partial charge in [0.1, 0.15) is 0 Å². The number of carbonyl (C=O) groups is 1. The lowest BCUT2D eigenvalue weighted by Crippen LogP contribution is -2.32. The number of hydrogen-bond acceptors (Lipinski definition) is 3. The molecule has 1 atom stereocenters. The largest absolute Gasteiger partial charge is 0.463 e. The number of benzene rings is 1. The highest BCUT2D eigenvalue weighted by atomic mass is 16.5. The fraction of sp³-hybridized carbons (Fsp3) is 0.471. The van der Waals surface area contributed by atoms with Gasteiger partial charge in [-0.1, -0.05) is 50.3 Å². The smallest absolute Gasteiger partial charge is 0.335 e. The predicted molar refractivity (Wildman–Crippen MR) is 82.3 cm³/mol. The maximum atomic E-state index is 12.0. The maximum Gasteiger partial charge on any atom is 0.335 e. The summed E-state index contributed by atoms with van der Waals surface area (Å²) in [5, 5.41) is 3.37. The number of hydrogen-bond donors (Lipinski definition) is 1. The molecule has 0 fully saturated rings. The van der Waals surface area contributed by atoms with Crippen molar-refractivity contribution in [2.75, 3.05) is 6.61 Å². The van der Waals surface area contributed by atoms with Crippen LogP contribution < -0.4 is 5.32 Å². The van der Waals surface area contributed by atoms with E-state index < -0.39 is 0 Å². The highest BCUT2D eigenvalue weighted by Gasteiger charge is 2.18. The predicted octanol–water partition coefficient (Wildman–Crippen LogP) is 3.31. The third-order valence-corrected chi connectivity index (χ3v) is 2.95. The molecule has 1 rings (SSSR count). The fourth-order valence-electron chi connectivity index (χ4n) is 1.94. The highest BCUT2D eigenvalue weighted by Crippen LogP contribution is 2.11. The average molecular weight is 275 g/mol. The number of nitrogens with one attached hydrogen (secondary N) is 1. The lowest BCUT2D eigenvalue weighted by Gasteiger charge is -2.18. The number of ether oxygens (including phenoxy) is 1. The molecule has 0 bridgehead atoms. The monoisotopic (exact) mass is 275 g/mol. The van der Waals surface area contributed by atoms with Gasteiger partial charge in [-0.2, -0.15) is 0 Å². The van der Waals surface area contributed by atoms with Gasteiger partial charge >= 0.3 is 5.97 Å². The molecule has 110 valence electrons. The molecule has 1 aromatic rings. The summed E-state index contributed by atoms with van der Waals surface area (Å²) in [6.07, 6.45) is 1.97. The Morgan fingerprint density at radius 1 is 1.25 bits per heavy atom. The SMILES string of the molecule is CCOC(=O)/C(=C\C(C)C)[C@H](C)NCc1ccccc1. The molecule has 0 aliphatic rings. The van der Waals surface area contributed by atoms with Crippen LogP contribution in [-0.4, -0.2) is 18.6 Å². The lowest BCUT2D eigenvalue weighted by atomic mass is 10.0. The van der Waals surface area contributed by atoms with Crippen LogP contribution in [0.2, 0.25) is 0 Å². The van der Waals surface area contributed by atoms with E-state index in [2.05, 4.69) is 31.3 Å². The second-order valence-electron chi connectivity index (χ2n) is 5.17. The van der Waals surface area contributed by atoms with E-state index in [1.54, 1.807) is 0 Å². The molecular formula is C17H25NO2. The van der Waals surface area contributed by atoms with Gasteiger partial charge < -0.3 is 10.1 Å². The van der Waals surface area contributed by atoms with Crippen LogP contribution in [-0.2, 0) is 16.1 Å². The number of carbonyl (C=O) groups excluding carboxylic acids is 1. The molecule has 0 aliphatic heterocycles. The van der Waals surface area contributed by atoms with Gasteiger partial charge in [-0.3, -0.25) is 0 Å². The van der Waals surface area contributed by atoms with Crippen LogP contribution in [0.15, 0.2) is 42.0 Å². The van der Waals surface area contributed by atoms with E-state index >= 15 is 0 Å². The van der Waals surface area contributed by atoms with Gasteiger partial charge in [0.25, 0.3) is 0 Å². The summed E-state index contributed by atoms with van der Waals surface area (Å²) in [5.74, 6) is 0.0876. The first kappa shape index (κ1) is 16.4. The van der Waals surface area contributed by atoms with E-state index in [-0.39, 0.29) is 12.0 Å². The van der Waals surface area contributed by atoms with Crippen LogP contribution in [0.4, 0.5) is 0 Å². The first-order chi connectivity index (χ1) is 9.54. The van der Waals surface area contributed by atoms with Gasteiger partial charge in [0.2, 0.25) is 0 Å². The standard InChI is InChI=1S/C17H25NO2/c1-5-20-17(19)16(11-13(2)3)14(4)18-12-15-9-7-6-8-10-15/h6-11,13-14,18H,5,12H2,1-4H3/b16-11-/t14-/m0/s1. The van der Waals surface area contributed by atoms with Gasteiger partial charge in [-0.25, -0.2) is 4.79 Å². The van der Waals surface area contributed by atoms with E-state index in [0.29, 0.717) is 18.1 Å². The minimum absolute atomic E-state index is 0.0309. The van der Waals surface area contributed by atoms with Crippen molar-refractivity contribution in [1.82, 2.24) is 5.32 Å². The maximum absolute atomic E-state index is 12.0. The molecule has 1 aromatic carbocycles. The molecule has 3 nitrogen and oxygen atoms in total. The van der Waals surface area contributed by atoms with Gasteiger partial charge in [0.05, 0.1) is 12.2 Å². The Kier molecular flexibility index (Phi) is 7.02. The Morgan fingerprint density at radius 2 is 1.90 bits per heavy atom. The van der Waals surface area contributed by atoms with Crippen molar-refractivity contribution in [3.05, 3.63) is 47.5 Å². The van der Waals surface area contributed by atoms with E-state index in [1.165, 1.54) is 5.56 Å². The quantitative estimate of drug-likeness (QED) is 0.613. The summed E-state index contributed by atoms with van der Waals surface area (Å²) < 4.78 is 5.13. The first-order valence-electron chi connectivity index (χ1n) is 7.20. The van der Waals surface area contributed by atoms with Gasteiger partial charge in [0, 0.05) is 12.6 Å². The second-order valence-corrected chi connectivity index (χ2v) is 5.17. The molecular weight excluding hydrogens is 250 g/mol. The van der Waals surface area contributed by atoms with Crippen LogP contribution >= 0.6 is 0 Å². The Labute approximate surface area is 122 Å². The summed E-state index contributed by atoms with van der Waals surface area (Å²) in [4.78, 5) is 12.0. The van der Waals surface area contributed by atoms with E-state index in [1.807, 2.05) is 38.1 Å².